The molecule has 0 saturated heterocycles. The van der Waals surface area contributed by atoms with Crippen molar-refractivity contribution < 1.29 is 39.5 Å². The Morgan fingerprint density at radius 3 is 2.11 bits per heavy atom. The van der Waals surface area contributed by atoms with Gasteiger partial charge < -0.3 is 34.7 Å². The Balaban J connectivity index is 0.000000388. The Morgan fingerprint density at radius 2 is 1.79 bits per heavy atom. The minimum atomic E-state index is -1.79. The van der Waals surface area contributed by atoms with E-state index in [0.29, 0.717) is 12.0 Å². The Bertz CT molecular complexity index is 350. The normalized spacial score (nSPS) is 16.5. The lowest BCUT2D eigenvalue weighted by Gasteiger charge is -2.22. The number of aldehydes is 2. The van der Waals surface area contributed by atoms with Gasteiger partial charge in [0.25, 0.3) is 0 Å². The fraction of sp³-hybridized carbons (Fsp3) is 0.455. The van der Waals surface area contributed by atoms with E-state index < -0.39 is 31.0 Å². The van der Waals surface area contributed by atoms with Gasteiger partial charge in [-0.2, -0.15) is 0 Å². The number of rotatable bonds is 6. The van der Waals surface area contributed by atoms with E-state index in [1.54, 1.807) is 12.1 Å². The maximum Gasteiger partial charge on any atom is 0.185 e. The molecule has 8 heteroatoms. The predicted molar refractivity (Wildman–Crippen MR) is 61.3 cm³/mol. The highest BCUT2D eigenvalue weighted by atomic mass is 16.4. The van der Waals surface area contributed by atoms with Gasteiger partial charge in [0, 0.05) is 0 Å². The zero-order valence-corrected chi connectivity index (χ0v) is 9.86. The first kappa shape index (κ1) is 17.4. The van der Waals surface area contributed by atoms with Crippen LogP contribution in [0, 0.1) is 0 Å². The molecule has 0 bridgehead atoms. The van der Waals surface area contributed by atoms with Crippen LogP contribution in [0.3, 0.4) is 0 Å². The zero-order valence-electron chi connectivity index (χ0n) is 9.86. The quantitative estimate of drug-likeness (QED) is 0.365. The second-order valence-corrected chi connectivity index (χ2v) is 3.49. The van der Waals surface area contributed by atoms with E-state index in [2.05, 4.69) is 4.42 Å². The monoisotopic (exact) mass is 276 g/mol. The second kappa shape index (κ2) is 9.36. The van der Waals surface area contributed by atoms with Crippen LogP contribution in [0.15, 0.2) is 22.8 Å². The van der Waals surface area contributed by atoms with Crippen molar-refractivity contribution in [3.63, 3.8) is 0 Å². The minimum Gasteiger partial charge on any atom is -0.462 e. The van der Waals surface area contributed by atoms with Crippen LogP contribution < -0.4 is 0 Å². The number of hydrogen-bond acceptors (Lipinski definition) is 8. The van der Waals surface area contributed by atoms with Crippen LogP contribution in [-0.4, -0.2) is 69.1 Å². The van der Waals surface area contributed by atoms with Crippen molar-refractivity contribution in [3.8, 4) is 0 Å². The van der Waals surface area contributed by atoms with Gasteiger partial charge in [0.05, 0.1) is 12.9 Å². The van der Waals surface area contributed by atoms with E-state index >= 15 is 0 Å². The lowest BCUT2D eigenvalue weighted by molar-refractivity contribution is -0.136. The zero-order chi connectivity index (χ0) is 14.8. The first-order valence-electron chi connectivity index (χ1n) is 5.25. The number of carbonyl (C=O) groups excluding carboxylic acids is 2. The average Bonchev–Trinajstić information content (AvgIpc) is 2.97. The molecule has 108 valence electrons. The summed E-state index contributed by atoms with van der Waals surface area (Å²) in [4.78, 5) is 19.7. The van der Waals surface area contributed by atoms with Crippen LogP contribution >= 0.6 is 0 Å². The molecule has 5 N–H and O–H groups in total. The van der Waals surface area contributed by atoms with Gasteiger partial charge in [-0.1, -0.05) is 0 Å². The summed E-state index contributed by atoms with van der Waals surface area (Å²) in [6, 6.07) is 3.27. The molecule has 0 aliphatic carbocycles. The van der Waals surface area contributed by atoms with Gasteiger partial charge in [0.15, 0.2) is 18.3 Å². The Kier molecular flexibility index (Phi) is 8.58. The van der Waals surface area contributed by atoms with E-state index in [0.717, 1.165) is 0 Å². The fourth-order valence-electron chi connectivity index (χ4n) is 0.976. The van der Waals surface area contributed by atoms with E-state index in [-0.39, 0.29) is 6.29 Å². The number of hydrogen-bond donors (Lipinski definition) is 5. The van der Waals surface area contributed by atoms with Gasteiger partial charge in [-0.15, -0.1) is 0 Å². The van der Waals surface area contributed by atoms with Crippen LogP contribution in [0.5, 0.6) is 0 Å². The van der Waals surface area contributed by atoms with Crippen LogP contribution in [0.1, 0.15) is 10.6 Å². The van der Waals surface area contributed by atoms with E-state index in [1.165, 1.54) is 6.26 Å². The molecule has 0 aliphatic rings. The van der Waals surface area contributed by atoms with Crippen molar-refractivity contribution >= 4 is 12.6 Å². The Morgan fingerprint density at radius 1 is 1.16 bits per heavy atom. The van der Waals surface area contributed by atoms with Crippen LogP contribution in [-0.2, 0) is 4.79 Å². The summed E-state index contributed by atoms with van der Waals surface area (Å²) in [5.74, 6) is 0.375. The van der Waals surface area contributed by atoms with Crippen molar-refractivity contribution in [2.24, 2.45) is 0 Å². The largest absolute Gasteiger partial charge is 0.462 e. The van der Waals surface area contributed by atoms with Crippen LogP contribution in [0.25, 0.3) is 0 Å². The van der Waals surface area contributed by atoms with Crippen molar-refractivity contribution in [1.82, 2.24) is 0 Å². The lowest BCUT2D eigenvalue weighted by atomic mass is 10.0. The Hall–Kier alpha value is -1.58. The highest BCUT2D eigenvalue weighted by Gasteiger charge is 2.29. The molecule has 4 unspecified atom stereocenters. The SMILES string of the molecule is O=CC(O)C(O)C(O)C(O)CO.O=Cc1ccco1. The number of aliphatic hydroxyl groups is 5. The molecular formula is C11H16O8. The molecule has 0 aliphatic heterocycles. The van der Waals surface area contributed by atoms with Crippen LogP contribution in [0.4, 0.5) is 0 Å². The first-order chi connectivity index (χ1) is 8.97. The molecule has 0 saturated carbocycles. The summed E-state index contributed by atoms with van der Waals surface area (Å²) >= 11 is 0. The molecule has 1 rings (SSSR count). The maximum absolute atomic E-state index is 9.90. The highest BCUT2D eigenvalue weighted by Crippen LogP contribution is 2.02. The van der Waals surface area contributed by atoms with Crippen molar-refractivity contribution in [2.45, 2.75) is 24.4 Å². The molecule has 4 atom stereocenters. The van der Waals surface area contributed by atoms with Crippen molar-refractivity contribution in [1.29, 1.82) is 0 Å². The lowest BCUT2D eigenvalue weighted by Crippen LogP contribution is -2.46. The third-order valence-corrected chi connectivity index (χ3v) is 2.08. The summed E-state index contributed by atoms with van der Waals surface area (Å²) in [5, 5.41) is 43.5. The summed E-state index contributed by atoms with van der Waals surface area (Å²) in [5.41, 5.74) is 0. The first-order valence-corrected chi connectivity index (χ1v) is 5.25. The smallest absolute Gasteiger partial charge is 0.185 e. The number of furan rings is 1. The molecule has 1 aromatic heterocycles. The highest BCUT2D eigenvalue weighted by molar-refractivity contribution is 5.69. The molecule has 0 fully saturated rings. The molecule has 0 spiro atoms. The van der Waals surface area contributed by atoms with E-state index in [9.17, 15) is 9.59 Å². The minimum absolute atomic E-state index is 0.0258. The van der Waals surface area contributed by atoms with Gasteiger partial charge in [0.2, 0.25) is 0 Å². The molecule has 1 heterocycles. The topological polar surface area (TPSA) is 148 Å². The third-order valence-electron chi connectivity index (χ3n) is 2.08. The average molecular weight is 276 g/mol. The molecular weight excluding hydrogens is 260 g/mol. The molecule has 0 amide bonds. The molecule has 1 aromatic rings. The fourth-order valence-corrected chi connectivity index (χ4v) is 0.976. The molecule has 0 aromatic carbocycles. The van der Waals surface area contributed by atoms with Gasteiger partial charge in [-0.3, -0.25) is 4.79 Å². The molecule has 19 heavy (non-hydrogen) atoms. The standard InChI is InChI=1S/C6H12O6.C5H4O2/c7-1-3(9)5(11)6(12)4(10)2-8;6-4-5-2-1-3-7-5/h1,3-6,8-12H,2H2;1-4H. The molecule has 8 nitrogen and oxygen atoms in total. The predicted octanol–water partition coefficient (Wildman–Crippen LogP) is -2.29. The van der Waals surface area contributed by atoms with Gasteiger partial charge in [0.1, 0.15) is 24.4 Å². The second-order valence-electron chi connectivity index (χ2n) is 3.49. The Labute approximate surface area is 108 Å². The van der Waals surface area contributed by atoms with Gasteiger partial charge in [-0.25, -0.2) is 0 Å². The van der Waals surface area contributed by atoms with Gasteiger partial charge in [-0.05, 0) is 12.1 Å². The summed E-state index contributed by atoms with van der Waals surface area (Å²) < 4.78 is 4.61. The maximum atomic E-state index is 9.90. The van der Waals surface area contributed by atoms with Gasteiger partial charge >= 0.3 is 0 Å². The van der Waals surface area contributed by atoms with Crippen molar-refractivity contribution in [3.05, 3.63) is 24.2 Å². The van der Waals surface area contributed by atoms with E-state index in [1.807, 2.05) is 0 Å². The molecule has 0 radical (unpaired) electrons. The summed E-state index contributed by atoms with van der Waals surface area (Å²) in [6.07, 6.45) is -4.71. The number of aliphatic hydroxyl groups excluding tert-OH is 5. The van der Waals surface area contributed by atoms with E-state index in [4.69, 9.17) is 25.5 Å². The number of carbonyl (C=O) groups is 2. The third kappa shape index (κ3) is 6.22. The summed E-state index contributed by atoms with van der Waals surface area (Å²) in [7, 11) is 0. The van der Waals surface area contributed by atoms with Crippen LogP contribution in [0.2, 0.25) is 0 Å². The van der Waals surface area contributed by atoms with Crippen molar-refractivity contribution in [2.75, 3.05) is 6.61 Å². The summed E-state index contributed by atoms with van der Waals surface area (Å²) in [6.45, 7) is -0.760.